The van der Waals surface area contributed by atoms with E-state index in [2.05, 4.69) is 11.5 Å². The molecule has 0 bridgehead atoms. The van der Waals surface area contributed by atoms with Gasteiger partial charge in [-0.3, -0.25) is 4.90 Å². The van der Waals surface area contributed by atoms with Gasteiger partial charge in [0.15, 0.2) is 6.29 Å². The number of ether oxygens (including phenoxy) is 2. The number of rotatable bonds is 5. The largest absolute Gasteiger partial charge is 0.356 e. The molecule has 3 heteroatoms. The van der Waals surface area contributed by atoms with E-state index in [4.69, 9.17) is 9.47 Å². The molecule has 1 unspecified atom stereocenters. The Morgan fingerprint density at radius 2 is 2.07 bits per heavy atom. The lowest BCUT2D eigenvalue weighted by molar-refractivity contribution is -0.139. The molecule has 0 aliphatic carbocycles. The molecule has 0 N–H and O–H groups in total. The van der Waals surface area contributed by atoms with Crippen molar-refractivity contribution in [2.24, 2.45) is 5.92 Å². The number of hydrogen-bond donors (Lipinski definition) is 0. The maximum atomic E-state index is 5.33. The van der Waals surface area contributed by atoms with E-state index in [-0.39, 0.29) is 6.29 Å². The van der Waals surface area contributed by atoms with Crippen LogP contribution in [0, 0.1) is 5.92 Å². The molecule has 0 saturated carbocycles. The normalized spacial score (nSPS) is 24.1. The molecule has 1 atom stereocenters. The monoisotopic (exact) mass is 213 g/mol. The van der Waals surface area contributed by atoms with Crippen molar-refractivity contribution in [2.45, 2.75) is 25.6 Å². The van der Waals surface area contributed by atoms with E-state index < -0.39 is 0 Å². The lowest BCUT2D eigenvalue weighted by Crippen LogP contribution is -2.27. The Balaban J connectivity index is 2.40. The van der Waals surface area contributed by atoms with Crippen molar-refractivity contribution in [3.8, 4) is 0 Å². The summed E-state index contributed by atoms with van der Waals surface area (Å²) in [7, 11) is 3.45. The quantitative estimate of drug-likeness (QED) is 0.514. The minimum Gasteiger partial charge on any atom is -0.356 e. The van der Waals surface area contributed by atoms with Gasteiger partial charge in [-0.15, -0.1) is 6.58 Å². The molecule has 88 valence electrons. The molecular weight excluding hydrogens is 190 g/mol. The Labute approximate surface area is 93.0 Å². The first-order valence-electron chi connectivity index (χ1n) is 5.70. The molecule has 1 heterocycles. The summed E-state index contributed by atoms with van der Waals surface area (Å²) in [5.74, 6) is 0.537. The molecular formula is C12H23NO2. The minimum atomic E-state index is -0.0336. The Morgan fingerprint density at radius 1 is 1.33 bits per heavy atom. The van der Waals surface area contributed by atoms with Crippen LogP contribution >= 0.6 is 0 Å². The summed E-state index contributed by atoms with van der Waals surface area (Å²) in [5.41, 5.74) is 0. The lowest BCUT2D eigenvalue weighted by atomic mass is 10.0. The summed E-state index contributed by atoms with van der Waals surface area (Å²) in [5, 5.41) is 0. The van der Waals surface area contributed by atoms with Gasteiger partial charge in [-0.05, 0) is 32.4 Å². The van der Waals surface area contributed by atoms with Crippen molar-refractivity contribution < 1.29 is 9.47 Å². The van der Waals surface area contributed by atoms with Gasteiger partial charge in [0.1, 0.15) is 0 Å². The van der Waals surface area contributed by atoms with Crippen LogP contribution < -0.4 is 0 Å². The molecule has 0 amide bonds. The van der Waals surface area contributed by atoms with Crippen LogP contribution in [0.15, 0.2) is 12.7 Å². The molecule has 1 rings (SSSR count). The smallest absolute Gasteiger partial charge is 0.159 e. The predicted molar refractivity (Wildman–Crippen MR) is 61.8 cm³/mol. The second-order valence-corrected chi connectivity index (χ2v) is 4.12. The van der Waals surface area contributed by atoms with Gasteiger partial charge >= 0.3 is 0 Å². The molecule has 1 saturated heterocycles. The van der Waals surface area contributed by atoms with Gasteiger partial charge < -0.3 is 9.47 Å². The van der Waals surface area contributed by atoms with Crippen LogP contribution in [0.5, 0.6) is 0 Å². The van der Waals surface area contributed by atoms with E-state index in [1.54, 1.807) is 14.2 Å². The third kappa shape index (κ3) is 3.93. The van der Waals surface area contributed by atoms with Crippen LogP contribution in [0.1, 0.15) is 19.3 Å². The molecule has 1 aliphatic heterocycles. The van der Waals surface area contributed by atoms with Gasteiger partial charge in [0, 0.05) is 26.7 Å². The van der Waals surface area contributed by atoms with Crippen molar-refractivity contribution >= 4 is 0 Å². The molecule has 0 aromatic carbocycles. The van der Waals surface area contributed by atoms with Crippen LogP contribution in [-0.2, 0) is 9.47 Å². The van der Waals surface area contributed by atoms with E-state index in [1.165, 1.54) is 19.4 Å². The Bertz CT molecular complexity index is 180. The second kappa shape index (κ2) is 6.99. The molecule has 0 radical (unpaired) electrons. The molecule has 1 fully saturated rings. The number of methoxy groups -OCH3 is 2. The number of likely N-dealkylation sites (tertiary alicyclic amines) is 1. The molecule has 0 aromatic rings. The van der Waals surface area contributed by atoms with Gasteiger partial charge in [0.2, 0.25) is 0 Å². The van der Waals surface area contributed by atoms with Gasteiger partial charge in [-0.1, -0.05) is 6.08 Å². The molecule has 15 heavy (non-hydrogen) atoms. The van der Waals surface area contributed by atoms with Crippen molar-refractivity contribution in [1.82, 2.24) is 4.90 Å². The average molecular weight is 213 g/mol. The lowest BCUT2D eigenvalue weighted by Gasteiger charge is -2.23. The van der Waals surface area contributed by atoms with Gasteiger partial charge in [0.25, 0.3) is 0 Å². The van der Waals surface area contributed by atoms with E-state index in [0.717, 1.165) is 19.5 Å². The fraction of sp³-hybridized carbons (Fsp3) is 0.833. The van der Waals surface area contributed by atoms with Crippen LogP contribution in [0.4, 0.5) is 0 Å². The van der Waals surface area contributed by atoms with E-state index >= 15 is 0 Å². The first-order chi connectivity index (χ1) is 7.31. The summed E-state index contributed by atoms with van der Waals surface area (Å²) < 4.78 is 10.7. The van der Waals surface area contributed by atoms with Crippen molar-refractivity contribution in [1.29, 1.82) is 0 Å². The van der Waals surface area contributed by atoms with Gasteiger partial charge in [0.05, 0.1) is 0 Å². The zero-order valence-electron chi connectivity index (χ0n) is 9.95. The zero-order chi connectivity index (χ0) is 11.1. The van der Waals surface area contributed by atoms with Crippen molar-refractivity contribution in [3.63, 3.8) is 0 Å². The van der Waals surface area contributed by atoms with Gasteiger partial charge in [-0.25, -0.2) is 0 Å². The maximum Gasteiger partial charge on any atom is 0.159 e. The highest BCUT2D eigenvalue weighted by molar-refractivity contribution is 4.78. The second-order valence-electron chi connectivity index (χ2n) is 4.12. The maximum absolute atomic E-state index is 5.33. The number of nitrogens with zero attached hydrogens (tertiary/aromatic N) is 1. The molecule has 0 aromatic heterocycles. The highest BCUT2D eigenvalue weighted by Gasteiger charge is 2.23. The topological polar surface area (TPSA) is 21.7 Å². The average Bonchev–Trinajstić information content (AvgIpc) is 2.47. The van der Waals surface area contributed by atoms with Crippen LogP contribution in [-0.4, -0.2) is 45.0 Å². The fourth-order valence-electron chi connectivity index (χ4n) is 2.30. The van der Waals surface area contributed by atoms with Crippen LogP contribution in [0.2, 0.25) is 0 Å². The van der Waals surface area contributed by atoms with Gasteiger partial charge in [-0.2, -0.15) is 0 Å². The highest BCUT2D eigenvalue weighted by Crippen LogP contribution is 2.22. The molecule has 3 nitrogen and oxygen atoms in total. The number of hydrogen-bond acceptors (Lipinski definition) is 3. The van der Waals surface area contributed by atoms with Crippen LogP contribution in [0.3, 0.4) is 0 Å². The first kappa shape index (κ1) is 12.7. The van der Waals surface area contributed by atoms with E-state index in [1.807, 2.05) is 6.08 Å². The Kier molecular flexibility index (Phi) is 5.91. The Morgan fingerprint density at radius 3 is 2.67 bits per heavy atom. The summed E-state index contributed by atoms with van der Waals surface area (Å²) >= 11 is 0. The first-order valence-corrected chi connectivity index (χ1v) is 5.70. The van der Waals surface area contributed by atoms with Crippen LogP contribution in [0.25, 0.3) is 0 Å². The highest BCUT2D eigenvalue weighted by atomic mass is 16.7. The summed E-state index contributed by atoms with van der Waals surface area (Å²) in [4.78, 5) is 2.44. The fourth-order valence-corrected chi connectivity index (χ4v) is 2.30. The van der Waals surface area contributed by atoms with E-state index in [9.17, 15) is 0 Å². The Hall–Kier alpha value is -0.380. The predicted octanol–water partition coefficient (Wildman–Crippen LogP) is 1.89. The SMILES string of the molecule is C=CCN1CCCC(C(OC)OC)CC1. The summed E-state index contributed by atoms with van der Waals surface area (Å²) in [6, 6.07) is 0. The zero-order valence-corrected chi connectivity index (χ0v) is 9.95. The molecule has 1 aliphatic rings. The molecule has 0 spiro atoms. The van der Waals surface area contributed by atoms with Crippen molar-refractivity contribution in [3.05, 3.63) is 12.7 Å². The van der Waals surface area contributed by atoms with Crippen molar-refractivity contribution in [2.75, 3.05) is 33.9 Å². The van der Waals surface area contributed by atoms with E-state index in [0.29, 0.717) is 5.92 Å². The summed E-state index contributed by atoms with van der Waals surface area (Å²) in [6.07, 6.45) is 5.51. The standard InChI is InChI=1S/C12H23NO2/c1-4-8-13-9-5-6-11(7-10-13)12(14-2)15-3/h4,11-12H,1,5-10H2,2-3H3. The minimum absolute atomic E-state index is 0.0336. The summed E-state index contributed by atoms with van der Waals surface area (Å²) in [6.45, 7) is 7.07. The third-order valence-electron chi connectivity index (χ3n) is 3.10. The third-order valence-corrected chi connectivity index (χ3v) is 3.10.